The monoisotopic (exact) mass is 374 g/mol. The Balaban J connectivity index is 2.20. The predicted molar refractivity (Wildman–Crippen MR) is 79.5 cm³/mol. The van der Waals surface area contributed by atoms with Gasteiger partial charge in [0, 0.05) is 18.4 Å². The van der Waals surface area contributed by atoms with Crippen LogP contribution in [0.5, 0.6) is 0 Å². The minimum absolute atomic E-state index is 0.314. The number of nitrogens with zero attached hydrogens (tertiary/aromatic N) is 1. The van der Waals surface area contributed by atoms with Crippen molar-refractivity contribution in [3.8, 4) is 0 Å². The van der Waals surface area contributed by atoms with E-state index in [0.717, 1.165) is 10.2 Å². The highest BCUT2D eigenvalue weighted by Gasteiger charge is 2.15. The fourth-order valence-corrected chi connectivity index (χ4v) is 4.69. The van der Waals surface area contributed by atoms with E-state index >= 15 is 0 Å². The Morgan fingerprint density at radius 1 is 1.35 bits per heavy atom. The maximum absolute atomic E-state index is 4.04. The van der Waals surface area contributed by atoms with Crippen molar-refractivity contribution in [2.75, 3.05) is 7.05 Å². The van der Waals surface area contributed by atoms with Crippen molar-refractivity contribution >= 4 is 43.2 Å². The molecule has 0 aliphatic heterocycles. The van der Waals surface area contributed by atoms with Crippen LogP contribution in [0.4, 0.5) is 0 Å². The summed E-state index contributed by atoms with van der Waals surface area (Å²) in [5.74, 6) is 0. The summed E-state index contributed by atoms with van der Waals surface area (Å²) in [6, 6.07) is 6.59. The zero-order valence-electron chi connectivity index (χ0n) is 9.28. The zero-order valence-corrected chi connectivity index (χ0v) is 13.3. The van der Waals surface area contributed by atoms with Gasteiger partial charge in [-0.3, -0.25) is 4.98 Å². The molecule has 5 heteroatoms. The smallest absolute Gasteiger partial charge is 0.0758 e. The Morgan fingerprint density at radius 2 is 2.06 bits per heavy atom. The Kier molecular flexibility index (Phi) is 4.73. The highest BCUT2D eigenvalue weighted by molar-refractivity contribution is 9.12. The highest BCUT2D eigenvalue weighted by Crippen LogP contribution is 2.36. The van der Waals surface area contributed by atoms with E-state index in [4.69, 9.17) is 0 Å². The first-order valence-corrected chi connectivity index (χ1v) is 7.62. The molecular weight excluding hydrogens is 364 g/mol. The summed E-state index contributed by atoms with van der Waals surface area (Å²) in [5, 5.41) is 3.36. The third kappa shape index (κ3) is 3.37. The topological polar surface area (TPSA) is 24.9 Å². The van der Waals surface area contributed by atoms with Gasteiger partial charge in [-0.2, -0.15) is 0 Å². The van der Waals surface area contributed by atoms with Gasteiger partial charge in [0.25, 0.3) is 0 Å². The summed E-state index contributed by atoms with van der Waals surface area (Å²) in [6.45, 7) is 0. The van der Waals surface area contributed by atoms with Crippen LogP contribution in [-0.2, 0) is 6.42 Å². The molecule has 0 aromatic carbocycles. The molecular formula is C12H12Br2N2S. The minimum Gasteiger partial charge on any atom is -0.313 e. The SMILES string of the molecule is CNC(Cc1ccncc1)c1cc(Br)sc1Br. The molecule has 0 saturated carbocycles. The van der Waals surface area contributed by atoms with E-state index < -0.39 is 0 Å². The summed E-state index contributed by atoms with van der Waals surface area (Å²) in [6.07, 6.45) is 4.63. The second-order valence-electron chi connectivity index (χ2n) is 3.68. The molecule has 0 amide bonds. The molecule has 1 atom stereocenters. The van der Waals surface area contributed by atoms with E-state index in [1.165, 1.54) is 14.9 Å². The van der Waals surface area contributed by atoms with Gasteiger partial charge in [0.15, 0.2) is 0 Å². The number of aromatic nitrogens is 1. The number of rotatable bonds is 4. The van der Waals surface area contributed by atoms with Crippen LogP contribution in [0.1, 0.15) is 17.2 Å². The first-order chi connectivity index (χ1) is 8.20. The van der Waals surface area contributed by atoms with Crippen molar-refractivity contribution in [2.45, 2.75) is 12.5 Å². The largest absolute Gasteiger partial charge is 0.313 e. The van der Waals surface area contributed by atoms with Crippen LogP contribution >= 0.6 is 43.2 Å². The Hall–Kier alpha value is -0.230. The molecule has 2 aromatic rings. The predicted octanol–water partition coefficient (Wildman–Crippen LogP) is 4.17. The number of thiophene rings is 1. The Bertz CT molecular complexity index is 485. The Morgan fingerprint density at radius 3 is 2.59 bits per heavy atom. The number of halogens is 2. The molecule has 0 saturated heterocycles. The summed E-state index contributed by atoms with van der Waals surface area (Å²) in [5.41, 5.74) is 2.58. The van der Waals surface area contributed by atoms with Crippen LogP contribution in [0.2, 0.25) is 0 Å². The van der Waals surface area contributed by atoms with Gasteiger partial charge in [0.05, 0.1) is 7.57 Å². The molecule has 0 radical (unpaired) electrons. The van der Waals surface area contributed by atoms with Gasteiger partial charge >= 0.3 is 0 Å². The third-order valence-corrected chi connectivity index (χ3v) is 4.98. The van der Waals surface area contributed by atoms with Crippen LogP contribution < -0.4 is 5.32 Å². The lowest BCUT2D eigenvalue weighted by Gasteiger charge is -2.15. The lowest BCUT2D eigenvalue weighted by Crippen LogP contribution is -2.18. The van der Waals surface area contributed by atoms with Crippen molar-refractivity contribution < 1.29 is 0 Å². The van der Waals surface area contributed by atoms with Crippen molar-refractivity contribution in [1.82, 2.24) is 10.3 Å². The molecule has 0 spiro atoms. The van der Waals surface area contributed by atoms with Crippen LogP contribution in [0.25, 0.3) is 0 Å². The van der Waals surface area contributed by atoms with Gasteiger partial charge < -0.3 is 5.32 Å². The zero-order chi connectivity index (χ0) is 12.3. The van der Waals surface area contributed by atoms with Crippen molar-refractivity contribution in [3.05, 3.63) is 49.3 Å². The molecule has 2 rings (SSSR count). The van der Waals surface area contributed by atoms with Crippen LogP contribution in [0, 0.1) is 0 Å². The van der Waals surface area contributed by atoms with E-state index in [1.54, 1.807) is 11.3 Å². The van der Waals surface area contributed by atoms with Crippen molar-refractivity contribution in [3.63, 3.8) is 0 Å². The molecule has 0 aliphatic carbocycles. The Labute approximate surface area is 122 Å². The number of hydrogen-bond acceptors (Lipinski definition) is 3. The van der Waals surface area contributed by atoms with E-state index in [2.05, 4.69) is 60.4 Å². The van der Waals surface area contributed by atoms with E-state index in [0.29, 0.717) is 6.04 Å². The first-order valence-electron chi connectivity index (χ1n) is 5.21. The van der Waals surface area contributed by atoms with Crippen molar-refractivity contribution in [1.29, 1.82) is 0 Å². The summed E-state index contributed by atoms with van der Waals surface area (Å²) in [4.78, 5) is 4.04. The van der Waals surface area contributed by atoms with Gasteiger partial charge in [0.1, 0.15) is 0 Å². The minimum atomic E-state index is 0.314. The van der Waals surface area contributed by atoms with Crippen molar-refractivity contribution in [2.24, 2.45) is 0 Å². The van der Waals surface area contributed by atoms with Gasteiger partial charge in [-0.15, -0.1) is 11.3 Å². The molecule has 0 aliphatic rings. The van der Waals surface area contributed by atoms with Gasteiger partial charge in [0.2, 0.25) is 0 Å². The lowest BCUT2D eigenvalue weighted by molar-refractivity contribution is 0.591. The fourth-order valence-electron chi connectivity index (χ4n) is 1.71. The molecule has 90 valence electrons. The summed E-state index contributed by atoms with van der Waals surface area (Å²) < 4.78 is 2.33. The van der Waals surface area contributed by atoms with Gasteiger partial charge in [-0.05, 0) is 74.7 Å². The lowest BCUT2D eigenvalue weighted by atomic mass is 10.0. The van der Waals surface area contributed by atoms with Crippen LogP contribution in [-0.4, -0.2) is 12.0 Å². The highest BCUT2D eigenvalue weighted by atomic mass is 79.9. The quantitative estimate of drug-likeness (QED) is 0.867. The van der Waals surface area contributed by atoms with E-state index in [-0.39, 0.29) is 0 Å². The maximum atomic E-state index is 4.04. The van der Waals surface area contributed by atoms with E-state index in [1.807, 2.05) is 19.4 Å². The third-order valence-electron chi connectivity index (χ3n) is 2.60. The second-order valence-corrected chi connectivity index (χ2v) is 7.43. The van der Waals surface area contributed by atoms with Gasteiger partial charge in [-0.25, -0.2) is 0 Å². The number of hydrogen-bond donors (Lipinski definition) is 1. The molecule has 1 N–H and O–H groups in total. The molecule has 0 fully saturated rings. The molecule has 1 unspecified atom stereocenters. The van der Waals surface area contributed by atoms with Gasteiger partial charge in [-0.1, -0.05) is 0 Å². The standard InChI is InChI=1S/C12H12Br2N2S/c1-15-10(6-8-2-4-16-5-3-8)9-7-11(13)17-12(9)14/h2-5,7,10,15H,6H2,1H3. The summed E-state index contributed by atoms with van der Waals surface area (Å²) in [7, 11) is 1.99. The maximum Gasteiger partial charge on any atom is 0.0758 e. The molecule has 2 heterocycles. The average molecular weight is 376 g/mol. The molecule has 0 bridgehead atoms. The fraction of sp³-hybridized carbons (Fsp3) is 0.250. The summed E-state index contributed by atoms with van der Waals surface area (Å²) >= 11 is 8.83. The molecule has 17 heavy (non-hydrogen) atoms. The van der Waals surface area contributed by atoms with Crippen LogP contribution in [0.3, 0.4) is 0 Å². The average Bonchev–Trinajstić information content (AvgIpc) is 2.67. The number of nitrogens with one attached hydrogen (secondary N) is 1. The van der Waals surface area contributed by atoms with E-state index in [9.17, 15) is 0 Å². The normalized spacial score (nSPS) is 12.6. The van der Waals surface area contributed by atoms with Crippen LogP contribution in [0.15, 0.2) is 38.2 Å². The molecule has 2 aromatic heterocycles. The first kappa shape index (κ1) is 13.2. The number of likely N-dealkylation sites (N-methyl/N-ethyl adjacent to an activating group) is 1. The second kappa shape index (κ2) is 6.09. The number of pyridine rings is 1. The molecule has 2 nitrogen and oxygen atoms in total.